The lowest BCUT2D eigenvalue weighted by molar-refractivity contribution is -0.139. The summed E-state index contributed by atoms with van der Waals surface area (Å²) >= 11 is 0. The van der Waals surface area contributed by atoms with Gasteiger partial charge < -0.3 is 30.9 Å². The number of carbonyl (C=O) groups excluding carboxylic acids is 1. The molecular weight excluding hydrogens is 436 g/mol. The maximum Gasteiger partial charge on any atom is 0.341 e. The second kappa shape index (κ2) is 11.4. The van der Waals surface area contributed by atoms with Gasteiger partial charge in [0.05, 0.1) is 7.11 Å². The first-order valence-corrected chi connectivity index (χ1v) is 10.4. The number of anilines is 1. The fourth-order valence-corrected chi connectivity index (χ4v) is 3.23. The topological polar surface area (TPSA) is 147 Å². The van der Waals surface area contributed by atoms with E-state index in [1.54, 1.807) is 42.5 Å². The average molecular weight is 463 g/mol. The number of nitrogens with two attached hydrogens (primary N) is 1. The second-order valence-electron chi connectivity index (χ2n) is 7.36. The number of methoxy groups -OCH3 is 1. The first-order valence-electron chi connectivity index (χ1n) is 10.4. The molecule has 1 unspecified atom stereocenters. The van der Waals surface area contributed by atoms with E-state index in [9.17, 15) is 9.59 Å². The summed E-state index contributed by atoms with van der Waals surface area (Å²) in [6, 6.07) is 20.1. The van der Waals surface area contributed by atoms with Gasteiger partial charge in [-0.25, -0.2) is 4.79 Å². The maximum atomic E-state index is 13.3. The Hall–Kier alpha value is -4.53. The molecule has 3 aromatic carbocycles. The summed E-state index contributed by atoms with van der Waals surface area (Å²) in [6.45, 7) is -0.262. The minimum absolute atomic E-state index is 0.0687. The normalized spacial score (nSPS) is 11.2. The van der Waals surface area contributed by atoms with E-state index in [2.05, 4.69) is 10.6 Å². The molecular formula is C25H26N4O5. The summed E-state index contributed by atoms with van der Waals surface area (Å²) in [5.74, 6) is -0.850. The molecule has 0 bridgehead atoms. The molecule has 0 saturated carbocycles. The highest BCUT2D eigenvalue weighted by Gasteiger charge is 2.25. The second-order valence-corrected chi connectivity index (χ2v) is 7.36. The summed E-state index contributed by atoms with van der Waals surface area (Å²) in [5, 5.41) is 22.7. The van der Waals surface area contributed by atoms with E-state index in [1.807, 2.05) is 30.3 Å². The number of carboxylic acid groups (broad SMARTS) is 1. The lowest BCUT2D eigenvalue weighted by Gasteiger charge is -2.23. The van der Waals surface area contributed by atoms with Crippen LogP contribution in [0.1, 0.15) is 22.7 Å². The third-order valence-corrected chi connectivity index (χ3v) is 4.96. The first kappa shape index (κ1) is 24.1. The van der Waals surface area contributed by atoms with Crippen molar-refractivity contribution in [1.82, 2.24) is 5.32 Å². The summed E-state index contributed by atoms with van der Waals surface area (Å²) < 4.78 is 10.8. The number of amides is 1. The van der Waals surface area contributed by atoms with E-state index in [0.29, 0.717) is 29.1 Å². The van der Waals surface area contributed by atoms with Gasteiger partial charge in [-0.15, -0.1) is 0 Å². The Labute approximate surface area is 197 Å². The van der Waals surface area contributed by atoms with Crippen LogP contribution in [0, 0.1) is 5.41 Å². The number of ether oxygens (including phenoxy) is 2. The minimum Gasteiger partial charge on any atom is -0.497 e. The lowest BCUT2D eigenvalue weighted by Crippen LogP contribution is -2.33. The number of amidine groups is 1. The largest absolute Gasteiger partial charge is 0.497 e. The molecule has 0 fully saturated rings. The summed E-state index contributed by atoms with van der Waals surface area (Å²) in [5.41, 5.74) is 8.00. The van der Waals surface area contributed by atoms with Crippen LogP contribution in [0.5, 0.6) is 11.5 Å². The smallest absolute Gasteiger partial charge is 0.341 e. The van der Waals surface area contributed by atoms with E-state index in [-0.39, 0.29) is 17.5 Å². The van der Waals surface area contributed by atoms with Crippen molar-refractivity contribution in [1.29, 1.82) is 5.41 Å². The average Bonchev–Trinajstić information content (AvgIpc) is 2.85. The van der Waals surface area contributed by atoms with Crippen molar-refractivity contribution in [3.05, 3.63) is 89.5 Å². The molecule has 3 rings (SSSR count). The van der Waals surface area contributed by atoms with Gasteiger partial charge in [0.15, 0.2) is 6.61 Å². The monoisotopic (exact) mass is 462 g/mol. The third kappa shape index (κ3) is 6.49. The van der Waals surface area contributed by atoms with Crippen LogP contribution < -0.4 is 25.8 Å². The molecule has 1 atom stereocenters. The fraction of sp³-hybridized carbons (Fsp3) is 0.160. The van der Waals surface area contributed by atoms with Gasteiger partial charge in [-0.05, 0) is 48.0 Å². The van der Waals surface area contributed by atoms with Gasteiger partial charge in [0.1, 0.15) is 23.4 Å². The van der Waals surface area contributed by atoms with Crippen LogP contribution in [0.2, 0.25) is 0 Å². The van der Waals surface area contributed by atoms with Gasteiger partial charge in [-0.1, -0.05) is 30.3 Å². The minimum atomic E-state index is -1.14. The highest BCUT2D eigenvalue weighted by atomic mass is 16.5. The number of carbonyl (C=O) groups is 2. The van der Waals surface area contributed by atoms with E-state index in [4.69, 9.17) is 25.7 Å². The van der Waals surface area contributed by atoms with Crippen LogP contribution >= 0.6 is 0 Å². The molecule has 34 heavy (non-hydrogen) atoms. The number of hydrogen-bond donors (Lipinski definition) is 5. The Bertz CT molecular complexity index is 1150. The van der Waals surface area contributed by atoms with Crippen LogP contribution in [0.25, 0.3) is 0 Å². The molecule has 0 aliphatic carbocycles. The quantitative estimate of drug-likeness (QED) is 0.217. The first-order chi connectivity index (χ1) is 16.4. The van der Waals surface area contributed by atoms with Gasteiger partial charge in [-0.3, -0.25) is 10.2 Å². The molecule has 0 aliphatic heterocycles. The Balaban J connectivity index is 1.95. The van der Waals surface area contributed by atoms with Crippen molar-refractivity contribution in [2.75, 3.05) is 19.0 Å². The van der Waals surface area contributed by atoms with Crippen LogP contribution in [-0.4, -0.2) is 36.5 Å². The van der Waals surface area contributed by atoms with Gasteiger partial charge in [0, 0.05) is 23.4 Å². The van der Waals surface area contributed by atoms with Crippen LogP contribution in [-0.2, 0) is 16.1 Å². The molecule has 3 aromatic rings. The molecule has 0 saturated heterocycles. The number of aliphatic carboxylic acids is 1. The highest BCUT2D eigenvalue weighted by Crippen LogP contribution is 2.32. The Morgan fingerprint density at radius 2 is 1.76 bits per heavy atom. The molecule has 0 radical (unpaired) electrons. The highest BCUT2D eigenvalue weighted by molar-refractivity contribution is 5.95. The van der Waals surface area contributed by atoms with E-state index in [0.717, 1.165) is 5.56 Å². The Morgan fingerprint density at radius 3 is 2.38 bits per heavy atom. The van der Waals surface area contributed by atoms with Gasteiger partial charge in [-0.2, -0.15) is 0 Å². The van der Waals surface area contributed by atoms with Gasteiger partial charge in [0.25, 0.3) is 0 Å². The zero-order chi connectivity index (χ0) is 24.5. The molecule has 9 heteroatoms. The summed E-state index contributed by atoms with van der Waals surface area (Å²) in [4.78, 5) is 24.4. The predicted octanol–water partition coefficient (Wildman–Crippen LogP) is 2.91. The lowest BCUT2D eigenvalue weighted by atomic mass is 10.0. The fourth-order valence-electron chi connectivity index (χ4n) is 3.23. The maximum absolute atomic E-state index is 13.3. The molecule has 6 N–H and O–H groups in total. The van der Waals surface area contributed by atoms with Crippen LogP contribution in [0.4, 0.5) is 5.69 Å². The SMILES string of the molecule is COc1ccc(OCC(=O)O)c(C(Nc2ccc(C(=N)N)cc2)C(=O)NCc2ccccc2)c1. The van der Waals surface area contributed by atoms with Gasteiger partial charge in [0.2, 0.25) is 5.91 Å². The van der Waals surface area contributed by atoms with Crippen molar-refractivity contribution in [3.8, 4) is 11.5 Å². The van der Waals surface area contributed by atoms with Crippen molar-refractivity contribution in [2.45, 2.75) is 12.6 Å². The summed E-state index contributed by atoms with van der Waals surface area (Å²) in [7, 11) is 1.50. The number of hydrogen-bond acceptors (Lipinski definition) is 6. The van der Waals surface area contributed by atoms with E-state index < -0.39 is 18.6 Å². The van der Waals surface area contributed by atoms with Crippen molar-refractivity contribution < 1.29 is 24.2 Å². The molecule has 9 nitrogen and oxygen atoms in total. The molecule has 176 valence electrons. The zero-order valence-corrected chi connectivity index (χ0v) is 18.6. The summed E-state index contributed by atoms with van der Waals surface area (Å²) in [6.07, 6.45) is 0. The molecule has 0 aliphatic rings. The van der Waals surface area contributed by atoms with Crippen molar-refractivity contribution in [2.24, 2.45) is 5.73 Å². The number of benzene rings is 3. The number of nitrogens with one attached hydrogen (secondary N) is 3. The molecule has 0 heterocycles. The molecule has 0 spiro atoms. The Kier molecular flexibility index (Phi) is 8.07. The predicted molar refractivity (Wildman–Crippen MR) is 128 cm³/mol. The van der Waals surface area contributed by atoms with E-state index >= 15 is 0 Å². The molecule has 0 aromatic heterocycles. The molecule has 1 amide bonds. The standard InChI is InChI=1S/C25H26N4O5/c1-33-19-11-12-21(34-15-22(30)31)20(13-19)23(25(32)28-14-16-5-3-2-4-6-16)29-18-9-7-17(8-10-18)24(26)27/h2-13,23,29H,14-15H2,1H3,(H3,26,27)(H,28,32)(H,30,31). The van der Waals surface area contributed by atoms with Gasteiger partial charge >= 0.3 is 5.97 Å². The van der Waals surface area contributed by atoms with Crippen molar-refractivity contribution >= 4 is 23.4 Å². The number of nitrogen functional groups attached to an aromatic ring is 1. The van der Waals surface area contributed by atoms with E-state index in [1.165, 1.54) is 7.11 Å². The zero-order valence-electron chi connectivity index (χ0n) is 18.6. The Morgan fingerprint density at radius 1 is 1.06 bits per heavy atom. The van der Waals surface area contributed by atoms with Crippen molar-refractivity contribution in [3.63, 3.8) is 0 Å². The number of carboxylic acids is 1. The number of rotatable bonds is 11. The van der Waals surface area contributed by atoms with Crippen LogP contribution in [0.15, 0.2) is 72.8 Å². The third-order valence-electron chi connectivity index (χ3n) is 4.96. The van der Waals surface area contributed by atoms with Crippen LogP contribution in [0.3, 0.4) is 0 Å².